The van der Waals surface area contributed by atoms with Gasteiger partial charge >= 0.3 is 0 Å². The summed E-state index contributed by atoms with van der Waals surface area (Å²) in [6.45, 7) is 6.63. The second-order valence-electron chi connectivity index (χ2n) is 6.85. The van der Waals surface area contributed by atoms with Gasteiger partial charge in [-0.3, -0.25) is 4.79 Å². The average molecular weight is 351 g/mol. The minimum Gasteiger partial charge on any atom is -0.497 e. The normalized spacial score (nSPS) is 15.4. The molecule has 0 atom stereocenters. The first-order valence-electron chi connectivity index (χ1n) is 9.14. The van der Waals surface area contributed by atoms with Gasteiger partial charge in [-0.1, -0.05) is 29.8 Å². The van der Waals surface area contributed by atoms with Crippen LogP contribution in [0.25, 0.3) is 6.08 Å². The number of hydrogen-bond donors (Lipinski definition) is 1. The third kappa shape index (κ3) is 4.96. The molecule has 1 N–H and O–H groups in total. The highest BCUT2D eigenvalue weighted by atomic mass is 16.5. The number of quaternary nitrogens is 1. The third-order valence-electron chi connectivity index (χ3n) is 4.86. The first kappa shape index (κ1) is 18.2. The summed E-state index contributed by atoms with van der Waals surface area (Å²) >= 11 is 0. The van der Waals surface area contributed by atoms with Crippen LogP contribution in [0.15, 0.2) is 54.6 Å². The van der Waals surface area contributed by atoms with E-state index in [1.54, 1.807) is 13.2 Å². The number of rotatable bonds is 5. The molecule has 0 aliphatic carbocycles. The average Bonchev–Trinajstić information content (AvgIpc) is 2.67. The van der Waals surface area contributed by atoms with Crippen LogP contribution in [0.3, 0.4) is 0 Å². The highest BCUT2D eigenvalue weighted by Crippen LogP contribution is 2.10. The van der Waals surface area contributed by atoms with Gasteiger partial charge in [0.2, 0.25) is 5.91 Å². The maximum Gasteiger partial charge on any atom is 0.246 e. The zero-order valence-corrected chi connectivity index (χ0v) is 15.6. The maximum absolute atomic E-state index is 12.4. The maximum atomic E-state index is 12.4. The lowest BCUT2D eigenvalue weighted by atomic mass is 10.1. The zero-order valence-electron chi connectivity index (χ0n) is 15.6. The Morgan fingerprint density at radius 2 is 1.88 bits per heavy atom. The topological polar surface area (TPSA) is 34.0 Å². The van der Waals surface area contributed by atoms with Crippen LogP contribution in [0.1, 0.15) is 16.7 Å². The largest absolute Gasteiger partial charge is 0.497 e. The molecule has 26 heavy (non-hydrogen) atoms. The molecule has 2 aromatic carbocycles. The van der Waals surface area contributed by atoms with Crippen molar-refractivity contribution in [1.29, 1.82) is 0 Å². The quantitative estimate of drug-likeness (QED) is 0.836. The lowest BCUT2D eigenvalue weighted by Crippen LogP contribution is -3.13. The predicted octanol–water partition coefficient (Wildman–Crippen LogP) is 1.94. The Kier molecular flexibility index (Phi) is 6.08. The molecular weight excluding hydrogens is 324 g/mol. The first-order valence-corrected chi connectivity index (χ1v) is 9.14. The number of methoxy groups -OCH3 is 1. The fraction of sp³-hybridized carbons (Fsp3) is 0.318. The number of piperazine rings is 1. The highest BCUT2D eigenvalue weighted by molar-refractivity contribution is 5.91. The number of nitrogens with one attached hydrogen (secondary N) is 1. The Labute approximate surface area is 155 Å². The number of aryl methyl sites for hydroxylation is 1. The molecule has 4 nitrogen and oxygen atoms in total. The van der Waals surface area contributed by atoms with Crippen LogP contribution in [0.4, 0.5) is 0 Å². The van der Waals surface area contributed by atoms with E-state index in [0.29, 0.717) is 0 Å². The molecule has 2 aromatic rings. The molecule has 1 fully saturated rings. The van der Waals surface area contributed by atoms with E-state index in [9.17, 15) is 4.79 Å². The summed E-state index contributed by atoms with van der Waals surface area (Å²) in [7, 11) is 1.68. The summed E-state index contributed by atoms with van der Waals surface area (Å²) in [5.74, 6) is 0.995. The number of nitrogens with zero attached hydrogens (tertiary/aromatic N) is 1. The van der Waals surface area contributed by atoms with Crippen molar-refractivity contribution in [2.45, 2.75) is 13.5 Å². The Morgan fingerprint density at radius 1 is 1.15 bits per heavy atom. The van der Waals surface area contributed by atoms with E-state index >= 15 is 0 Å². The van der Waals surface area contributed by atoms with E-state index < -0.39 is 0 Å². The van der Waals surface area contributed by atoms with E-state index in [1.807, 2.05) is 35.2 Å². The first-order chi connectivity index (χ1) is 12.6. The molecule has 136 valence electrons. The van der Waals surface area contributed by atoms with Gasteiger partial charge in [0, 0.05) is 11.6 Å². The van der Waals surface area contributed by atoms with Gasteiger partial charge in [0.15, 0.2) is 0 Å². The van der Waals surface area contributed by atoms with Crippen LogP contribution in [0, 0.1) is 6.92 Å². The molecule has 0 aromatic heterocycles. The molecular formula is C22H27N2O2+. The molecule has 1 aliphatic rings. The zero-order chi connectivity index (χ0) is 18.4. The van der Waals surface area contributed by atoms with Crippen molar-refractivity contribution in [3.8, 4) is 5.75 Å². The van der Waals surface area contributed by atoms with Gasteiger partial charge in [-0.05, 0) is 42.8 Å². The predicted molar refractivity (Wildman–Crippen MR) is 104 cm³/mol. The van der Waals surface area contributed by atoms with Gasteiger partial charge in [0.25, 0.3) is 0 Å². The lowest BCUT2D eigenvalue weighted by Gasteiger charge is -2.31. The fourth-order valence-electron chi connectivity index (χ4n) is 3.30. The number of amides is 1. The molecule has 0 radical (unpaired) electrons. The van der Waals surface area contributed by atoms with Crippen LogP contribution < -0.4 is 9.64 Å². The van der Waals surface area contributed by atoms with Crippen molar-refractivity contribution in [1.82, 2.24) is 4.90 Å². The summed E-state index contributed by atoms with van der Waals surface area (Å²) in [6.07, 6.45) is 3.61. The van der Waals surface area contributed by atoms with E-state index in [2.05, 4.69) is 31.2 Å². The molecule has 1 saturated heterocycles. The number of ether oxygens (including phenoxy) is 1. The van der Waals surface area contributed by atoms with E-state index in [4.69, 9.17) is 4.74 Å². The van der Waals surface area contributed by atoms with Gasteiger partial charge < -0.3 is 14.5 Å². The van der Waals surface area contributed by atoms with Gasteiger partial charge in [-0.15, -0.1) is 0 Å². The van der Waals surface area contributed by atoms with Crippen molar-refractivity contribution < 1.29 is 14.4 Å². The number of benzene rings is 2. The summed E-state index contributed by atoms with van der Waals surface area (Å²) in [6, 6.07) is 16.4. The van der Waals surface area contributed by atoms with E-state index in [0.717, 1.165) is 44.0 Å². The van der Waals surface area contributed by atoms with E-state index in [-0.39, 0.29) is 5.91 Å². The number of carbonyl (C=O) groups excluding carboxylic acids is 1. The van der Waals surface area contributed by atoms with Gasteiger partial charge in [0.05, 0.1) is 33.3 Å². The van der Waals surface area contributed by atoms with Crippen LogP contribution >= 0.6 is 0 Å². The smallest absolute Gasteiger partial charge is 0.246 e. The Hall–Kier alpha value is -2.59. The third-order valence-corrected chi connectivity index (χ3v) is 4.86. The second-order valence-corrected chi connectivity index (χ2v) is 6.85. The van der Waals surface area contributed by atoms with Crippen LogP contribution in [0.2, 0.25) is 0 Å². The molecule has 0 saturated carbocycles. The molecule has 3 rings (SSSR count). The van der Waals surface area contributed by atoms with Crippen molar-refractivity contribution >= 4 is 12.0 Å². The Bertz CT molecular complexity index is 760. The minimum absolute atomic E-state index is 0.106. The van der Waals surface area contributed by atoms with Crippen LogP contribution in [-0.4, -0.2) is 44.1 Å². The monoisotopic (exact) mass is 351 g/mol. The van der Waals surface area contributed by atoms with Gasteiger partial charge in [-0.2, -0.15) is 0 Å². The van der Waals surface area contributed by atoms with Crippen molar-refractivity contribution in [2.24, 2.45) is 0 Å². The molecule has 0 bridgehead atoms. The highest BCUT2D eigenvalue weighted by Gasteiger charge is 2.22. The van der Waals surface area contributed by atoms with Gasteiger partial charge in [0.1, 0.15) is 12.3 Å². The molecule has 1 aliphatic heterocycles. The summed E-state index contributed by atoms with van der Waals surface area (Å²) in [5.41, 5.74) is 3.58. The van der Waals surface area contributed by atoms with Crippen LogP contribution in [-0.2, 0) is 11.3 Å². The van der Waals surface area contributed by atoms with Crippen molar-refractivity contribution in [3.63, 3.8) is 0 Å². The van der Waals surface area contributed by atoms with Crippen molar-refractivity contribution in [3.05, 3.63) is 71.3 Å². The Balaban J connectivity index is 1.48. The molecule has 1 amide bonds. The molecule has 0 unspecified atom stereocenters. The SMILES string of the molecule is COc1ccc(C[NH+]2CCN(C(=O)/C=C/c3cccc(C)c3)CC2)cc1. The van der Waals surface area contributed by atoms with E-state index in [1.165, 1.54) is 16.0 Å². The summed E-state index contributed by atoms with van der Waals surface area (Å²) in [4.78, 5) is 15.9. The molecule has 1 heterocycles. The standard InChI is InChI=1S/C22H26N2O2/c1-18-4-3-5-19(16-18)8-11-22(25)24-14-12-23(13-15-24)17-20-6-9-21(26-2)10-7-20/h3-11,16H,12-15,17H2,1-2H3/p+1/b11-8+. The fourth-order valence-corrected chi connectivity index (χ4v) is 3.30. The number of carbonyl (C=O) groups is 1. The van der Waals surface area contributed by atoms with Gasteiger partial charge in [-0.25, -0.2) is 0 Å². The second kappa shape index (κ2) is 8.68. The lowest BCUT2D eigenvalue weighted by molar-refractivity contribution is -0.917. The Morgan fingerprint density at radius 3 is 2.54 bits per heavy atom. The summed E-state index contributed by atoms with van der Waals surface area (Å²) < 4.78 is 5.20. The summed E-state index contributed by atoms with van der Waals surface area (Å²) in [5, 5.41) is 0. The van der Waals surface area contributed by atoms with Crippen molar-refractivity contribution in [2.75, 3.05) is 33.3 Å². The molecule has 0 spiro atoms. The minimum atomic E-state index is 0.106. The molecule has 4 heteroatoms. The van der Waals surface area contributed by atoms with Crippen LogP contribution in [0.5, 0.6) is 5.75 Å². The number of hydrogen-bond acceptors (Lipinski definition) is 2.